The Hall–Kier alpha value is -0.0300. The van der Waals surface area contributed by atoms with E-state index >= 15 is 0 Å². The molecule has 0 saturated heterocycles. The molecule has 0 saturated carbocycles. The molecule has 0 unspecified atom stereocenters. The Balaban J connectivity index is 2.54. The molecule has 3 heteroatoms. The van der Waals surface area contributed by atoms with E-state index in [1.54, 1.807) is 7.11 Å². The summed E-state index contributed by atoms with van der Waals surface area (Å²) in [6, 6.07) is 0. The zero-order valence-electron chi connectivity index (χ0n) is 5.71. The van der Waals surface area contributed by atoms with Crippen LogP contribution in [-0.4, -0.2) is 21.5 Å². The molecule has 1 rings (SSSR count). The summed E-state index contributed by atoms with van der Waals surface area (Å²) in [6.07, 6.45) is 3.75. The van der Waals surface area contributed by atoms with Crippen LogP contribution >= 0.6 is 20.7 Å². The third-order valence-corrected chi connectivity index (χ3v) is 4.16. The summed E-state index contributed by atoms with van der Waals surface area (Å²) < 4.78 is 7.55. The van der Waals surface area contributed by atoms with Crippen LogP contribution in [0.3, 0.4) is 0 Å². The van der Waals surface area contributed by atoms with Gasteiger partial charge in [0.15, 0.2) is 0 Å². The Kier molecular flexibility index (Phi) is 3.21. The highest BCUT2D eigenvalue weighted by Crippen LogP contribution is 2.19. The van der Waals surface area contributed by atoms with Gasteiger partial charge in [0.05, 0.1) is 0 Å². The van der Waals surface area contributed by atoms with Crippen molar-refractivity contribution in [1.82, 2.24) is 0 Å². The van der Waals surface area contributed by atoms with Crippen LogP contribution < -0.4 is 0 Å². The zero-order valence-corrected chi connectivity index (χ0v) is 7.87. The first kappa shape index (κ1) is 8.07. The molecule has 0 amide bonds. The molecule has 1 atom stereocenters. The summed E-state index contributed by atoms with van der Waals surface area (Å²) in [5, 5.41) is 0. The van der Waals surface area contributed by atoms with Gasteiger partial charge in [0.25, 0.3) is 0 Å². The molecule has 0 aromatic rings. The van der Waals surface area contributed by atoms with Gasteiger partial charge in [-0.2, -0.15) is 0 Å². The number of alkyl halides is 1. The molecule has 1 aliphatic rings. The maximum atomic E-state index is 10.2. The lowest BCUT2D eigenvalue weighted by atomic mass is 10.3. The maximum absolute atomic E-state index is 10.2. The van der Waals surface area contributed by atoms with Crippen molar-refractivity contribution in [3.05, 3.63) is 11.6 Å². The number of allylic oxidation sites excluding steroid dienone is 1. The van der Waals surface area contributed by atoms with Crippen LogP contribution in [0.5, 0.6) is 0 Å². The van der Waals surface area contributed by atoms with Crippen LogP contribution in [0, 0.1) is 0 Å². The molecule has 0 aliphatic carbocycles. The van der Waals surface area contributed by atoms with Gasteiger partial charge in [-0.15, -0.1) is 0 Å². The van der Waals surface area contributed by atoms with E-state index in [1.807, 2.05) is 10.1 Å². The molecule has 0 aromatic carbocycles. The van der Waals surface area contributed by atoms with E-state index < -0.39 is 0 Å². The number of methoxy groups -OCH3 is 1. The number of hydrogen-bond donors (Lipinski definition) is 0. The first-order chi connectivity index (χ1) is 4.86. The van der Waals surface area contributed by atoms with E-state index in [0.717, 1.165) is 18.3 Å². The summed E-state index contributed by atoms with van der Waals surface area (Å²) in [7, 11) is 1.72. The minimum atomic E-state index is -0.0446. The summed E-state index contributed by atoms with van der Waals surface area (Å²) in [5.41, 5.74) is 0.848. The first-order valence-electron chi connectivity index (χ1n) is 3.00. The lowest BCUT2D eigenvalue weighted by Gasteiger charge is -2.10. The van der Waals surface area contributed by atoms with Gasteiger partial charge in [0.2, 0.25) is 0 Å². The van der Waals surface area contributed by atoms with Crippen LogP contribution in [0.25, 0.3) is 0 Å². The van der Waals surface area contributed by atoms with E-state index in [0.29, 0.717) is 4.11 Å². The largest absolute Gasteiger partial charge is 0.371 e. The van der Waals surface area contributed by atoms with Crippen molar-refractivity contribution >= 4 is 31.0 Å². The molecule has 56 valence electrons. The Labute approximate surface area is 70.0 Å². The predicted molar refractivity (Wildman–Crippen MR) is 49.6 cm³/mol. The van der Waals surface area contributed by atoms with Gasteiger partial charge in [-0.25, -0.2) is 0 Å². The standard InChI is InChI=1S/C7H9IO2/c1-10-7-3-2-6(5-9)4-8-7/h2,4-5,7H,3H2,1H3/t7-/m0/s1. The number of ether oxygens (including phenoxy) is 1. The Morgan fingerprint density at radius 2 is 2.70 bits per heavy atom. The fraction of sp³-hybridized carbons (Fsp3) is 0.429. The van der Waals surface area contributed by atoms with Crippen molar-refractivity contribution in [3.63, 3.8) is 0 Å². The van der Waals surface area contributed by atoms with Crippen molar-refractivity contribution in [2.24, 2.45) is 0 Å². The molecule has 1 aliphatic heterocycles. The Morgan fingerprint density at radius 3 is 3.10 bits per heavy atom. The highest BCUT2D eigenvalue weighted by molar-refractivity contribution is 14.2. The Bertz CT molecular complexity index is 184. The van der Waals surface area contributed by atoms with Crippen molar-refractivity contribution in [2.45, 2.75) is 10.5 Å². The second-order valence-electron chi connectivity index (χ2n) is 1.94. The predicted octanol–water partition coefficient (Wildman–Crippen LogP) is 1.26. The molecule has 0 radical (unpaired) electrons. The molecule has 2 nitrogen and oxygen atoms in total. The van der Waals surface area contributed by atoms with Crippen LogP contribution in [0.1, 0.15) is 6.42 Å². The number of hydrogen-bond acceptors (Lipinski definition) is 2. The molecular weight excluding hydrogens is 243 g/mol. The maximum Gasteiger partial charge on any atom is 0.150 e. The monoisotopic (exact) mass is 252 g/mol. The van der Waals surface area contributed by atoms with E-state index in [1.165, 1.54) is 0 Å². The second-order valence-corrected chi connectivity index (χ2v) is 4.67. The molecule has 10 heavy (non-hydrogen) atoms. The number of aldehydes is 1. The van der Waals surface area contributed by atoms with Gasteiger partial charge in [0, 0.05) is 19.1 Å². The molecular formula is C7H9IO2. The number of rotatable bonds is 2. The average Bonchev–Trinajstić information content (AvgIpc) is 2.05. The highest BCUT2D eigenvalue weighted by Gasteiger charge is 2.05. The summed E-state index contributed by atoms with van der Waals surface area (Å²) >= 11 is -0.0446. The number of carbonyl (C=O) groups excluding carboxylic acids is 1. The quantitative estimate of drug-likeness (QED) is 0.420. The van der Waals surface area contributed by atoms with Gasteiger partial charge >= 0.3 is 0 Å². The SMILES string of the molecule is CO[C@H]1CC=C(C=O)C=I1. The topological polar surface area (TPSA) is 26.3 Å². The first-order valence-corrected chi connectivity index (χ1v) is 5.49. The van der Waals surface area contributed by atoms with E-state index in [9.17, 15) is 4.79 Å². The fourth-order valence-electron chi connectivity index (χ4n) is 0.689. The van der Waals surface area contributed by atoms with E-state index in [2.05, 4.69) is 0 Å². The number of carbonyl (C=O) groups is 1. The lowest BCUT2D eigenvalue weighted by molar-refractivity contribution is -0.104. The number of halogens is 1. The summed E-state index contributed by atoms with van der Waals surface area (Å²) in [4.78, 5) is 10.2. The molecule has 0 fully saturated rings. The zero-order chi connectivity index (χ0) is 7.40. The van der Waals surface area contributed by atoms with E-state index in [-0.39, 0.29) is 20.7 Å². The fourth-order valence-corrected chi connectivity index (χ4v) is 2.75. The normalized spacial score (nSPS) is 24.9. The van der Waals surface area contributed by atoms with Gasteiger partial charge < -0.3 is 4.74 Å². The van der Waals surface area contributed by atoms with E-state index in [4.69, 9.17) is 4.74 Å². The molecule has 1 heterocycles. The van der Waals surface area contributed by atoms with Gasteiger partial charge in [-0.05, 0) is 4.01 Å². The molecule has 0 aromatic heterocycles. The third kappa shape index (κ3) is 1.98. The van der Waals surface area contributed by atoms with Crippen LogP contribution in [-0.2, 0) is 9.53 Å². The van der Waals surface area contributed by atoms with Gasteiger partial charge in [-0.3, -0.25) is 4.79 Å². The summed E-state index contributed by atoms with van der Waals surface area (Å²) in [5.74, 6) is 0. The minimum Gasteiger partial charge on any atom is -0.371 e. The third-order valence-electron chi connectivity index (χ3n) is 1.26. The van der Waals surface area contributed by atoms with Crippen molar-refractivity contribution in [3.8, 4) is 0 Å². The molecule has 0 N–H and O–H groups in total. The van der Waals surface area contributed by atoms with Crippen LogP contribution in [0.4, 0.5) is 0 Å². The Morgan fingerprint density at radius 1 is 1.90 bits per heavy atom. The summed E-state index contributed by atoms with van der Waals surface area (Å²) in [6.45, 7) is 0. The van der Waals surface area contributed by atoms with Crippen LogP contribution in [0.15, 0.2) is 11.6 Å². The van der Waals surface area contributed by atoms with Crippen molar-refractivity contribution in [2.75, 3.05) is 7.11 Å². The average molecular weight is 252 g/mol. The minimum absolute atomic E-state index is 0.0446. The second kappa shape index (κ2) is 3.98. The molecule has 0 spiro atoms. The lowest BCUT2D eigenvalue weighted by Crippen LogP contribution is -2.04. The van der Waals surface area contributed by atoms with Gasteiger partial charge in [0.1, 0.15) is 10.4 Å². The molecule has 0 bridgehead atoms. The smallest absolute Gasteiger partial charge is 0.150 e. The van der Waals surface area contributed by atoms with Crippen LogP contribution in [0.2, 0.25) is 0 Å². The van der Waals surface area contributed by atoms with Crippen molar-refractivity contribution < 1.29 is 9.53 Å². The van der Waals surface area contributed by atoms with Crippen molar-refractivity contribution in [1.29, 1.82) is 0 Å². The van der Waals surface area contributed by atoms with Gasteiger partial charge in [-0.1, -0.05) is 26.8 Å². The highest BCUT2D eigenvalue weighted by atomic mass is 127.